The van der Waals surface area contributed by atoms with Gasteiger partial charge in [-0.15, -0.1) is 0 Å². The van der Waals surface area contributed by atoms with Crippen LogP contribution < -0.4 is 4.74 Å². The number of pyridine rings is 1. The fourth-order valence-corrected chi connectivity index (χ4v) is 2.71. The summed E-state index contributed by atoms with van der Waals surface area (Å²) in [6.07, 6.45) is 1.68. The van der Waals surface area contributed by atoms with Gasteiger partial charge in [-0.2, -0.15) is 5.26 Å². The fourth-order valence-electron chi connectivity index (χ4n) is 2.71. The largest absolute Gasteiger partial charge is 0.497 e. The van der Waals surface area contributed by atoms with Crippen LogP contribution in [0.25, 0.3) is 11.3 Å². The van der Waals surface area contributed by atoms with E-state index in [2.05, 4.69) is 11.6 Å². The lowest BCUT2D eigenvalue weighted by Gasteiger charge is -2.14. The van der Waals surface area contributed by atoms with Crippen LogP contribution in [0, 0.1) is 11.3 Å². The summed E-state index contributed by atoms with van der Waals surface area (Å²) >= 11 is 0. The van der Waals surface area contributed by atoms with E-state index in [9.17, 15) is 4.79 Å². The van der Waals surface area contributed by atoms with E-state index >= 15 is 0 Å². The molecule has 5 heteroatoms. The van der Waals surface area contributed by atoms with Gasteiger partial charge in [0.25, 0.3) is 5.91 Å². The third-order valence-corrected chi connectivity index (χ3v) is 3.83. The summed E-state index contributed by atoms with van der Waals surface area (Å²) in [5, 5.41) is 8.88. The normalized spacial score (nSPS) is 12.7. The minimum Gasteiger partial charge on any atom is -0.497 e. The van der Waals surface area contributed by atoms with Gasteiger partial charge in [0, 0.05) is 35.5 Å². The zero-order valence-electron chi connectivity index (χ0n) is 12.7. The molecule has 1 aromatic carbocycles. The molecule has 0 spiro atoms. The number of methoxy groups -OCH3 is 1. The lowest BCUT2D eigenvalue weighted by atomic mass is 10.0. The van der Waals surface area contributed by atoms with E-state index in [1.165, 1.54) is 0 Å². The Kier molecular flexibility index (Phi) is 3.82. The van der Waals surface area contributed by atoms with Gasteiger partial charge in [0.1, 0.15) is 5.75 Å². The van der Waals surface area contributed by atoms with E-state index in [4.69, 9.17) is 10.00 Å². The number of nitriles is 1. The highest BCUT2D eigenvalue weighted by Crippen LogP contribution is 2.33. The monoisotopic (exact) mass is 305 g/mol. The second-order valence-corrected chi connectivity index (χ2v) is 5.29. The third kappa shape index (κ3) is 2.67. The molecule has 0 saturated heterocycles. The van der Waals surface area contributed by atoms with Crippen LogP contribution in [0.15, 0.2) is 48.7 Å². The highest BCUT2D eigenvalue weighted by Gasteiger charge is 2.29. The maximum Gasteiger partial charge on any atom is 0.254 e. The first-order valence-corrected chi connectivity index (χ1v) is 7.13. The van der Waals surface area contributed by atoms with Gasteiger partial charge in [-0.25, -0.2) is 0 Å². The lowest BCUT2D eigenvalue weighted by molar-refractivity contribution is 0.0794. The van der Waals surface area contributed by atoms with Crippen molar-refractivity contribution in [3.63, 3.8) is 0 Å². The summed E-state index contributed by atoms with van der Waals surface area (Å²) in [6.45, 7) is 4.35. The Labute approximate surface area is 134 Å². The number of ether oxygens (including phenoxy) is 1. The lowest BCUT2D eigenvalue weighted by Crippen LogP contribution is -2.25. The zero-order valence-corrected chi connectivity index (χ0v) is 12.7. The van der Waals surface area contributed by atoms with Gasteiger partial charge in [-0.1, -0.05) is 18.7 Å². The number of fused-ring (bicyclic) bond motifs is 1. The van der Waals surface area contributed by atoms with E-state index in [0.29, 0.717) is 23.4 Å². The van der Waals surface area contributed by atoms with Gasteiger partial charge in [0.15, 0.2) is 0 Å². The maximum atomic E-state index is 12.5. The zero-order chi connectivity index (χ0) is 16.4. The van der Waals surface area contributed by atoms with E-state index in [0.717, 1.165) is 16.8 Å². The van der Waals surface area contributed by atoms with Crippen LogP contribution in [0.4, 0.5) is 0 Å². The van der Waals surface area contributed by atoms with Gasteiger partial charge in [-0.3, -0.25) is 9.78 Å². The Balaban J connectivity index is 2.01. The number of benzene rings is 1. The SMILES string of the molecule is C=C(C#N)CN1Cc2c(cccc2-c2cc(OC)ccn2)C1=O. The Morgan fingerprint density at radius 3 is 2.96 bits per heavy atom. The van der Waals surface area contributed by atoms with Crippen LogP contribution in [0.5, 0.6) is 5.75 Å². The van der Waals surface area contributed by atoms with E-state index in [1.807, 2.05) is 24.3 Å². The first-order chi connectivity index (χ1) is 11.1. The minimum atomic E-state index is -0.0823. The van der Waals surface area contributed by atoms with Crippen molar-refractivity contribution in [1.29, 1.82) is 5.26 Å². The highest BCUT2D eigenvalue weighted by molar-refractivity contribution is 6.00. The summed E-state index contributed by atoms with van der Waals surface area (Å²) in [7, 11) is 1.60. The van der Waals surface area contributed by atoms with Crippen molar-refractivity contribution in [2.24, 2.45) is 0 Å². The molecule has 1 aliphatic rings. The molecule has 0 aliphatic carbocycles. The van der Waals surface area contributed by atoms with E-state index in [-0.39, 0.29) is 12.5 Å². The van der Waals surface area contributed by atoms with Crippen molar-refractivity contribution >= 4 is 5.91 Å². The van der Waals surface area contributed by atoms with Crippen LogP contribution in [0.2, 0.25) is 0 Å². The number of amides is 1. The predicted octanol–water partition coefficient (Wildman–Crippen LogP) is 2.79. The molecule has 1 aliphatic heterocycles. The van der Waals surface area contributed by atoms with Crippen molar-refractivity contribution < 1.29 is 9.53 Å². The number of hydrogen-bond donors (Lipinski definition) is 0. The van der Waals surface area contributed by atoms with Crippen molar-refractivity contribution in [1.82, 2.24) is 9.88 Å². The molecule has 0 bridgehead atoms. The molecule has 3 rings (SSSR count). The number of rotatable bonds is 4. The van der Waals surface area contributed by atoms with Gasteiger partial charge in [-0.05, 0) is 17.7 Å². The highest BCUT2D eigenvalue weighted by atomic mass is 16.5. The van der Waals surface area contributed by atoms with Crippen LogP contribution >= 0.6 is 0 Å². The van der Waals surface area contributed by atoms with Gasteiger partial charge in [0.2, 0.25) is 0 Å². The van der Waals surface area contributed by atoms with Crippen LogP contribution in [0.1, 0.15) is 15.9 Å². The Hall–Kier alpha value is -3.13. The van der Waals surface area contributed by atoms with Crippen LogP contribution in [0.3, 0.4) is 0 Å². The number of nitrogens with zero attached hydrogens (tertiary/aromatic N) is 3. The molecule has 1 aromatic heterocycles. The molecule has 114 valence electrons. The number of carbonyl (C=O) groups is 1. The maximum absolute atomic E-state index is 12.5. The fraction of sp³-hybridized carbons (Fsp3) is 0.167. The molecule has 23 heavy (non-hydrogen) atoms. The third-order valence-electron chi connectivity index (χ3n) is 3.83. The van der Waals surface area contributed by atoms with Crippen molar-refractivity contribution in [2.75, 3.05) is 13.7 Å². The molecule has 0 N–H and O–H groups in total. The molecule has 0 fully saturated rings. The average Bonchev–Trinajstić information content (AvgIpc) is 2.91. The number of carbonyl (C=O) groups excluding carboxylic acids is 1. The second-order valence-electron chi connectivity index (χ2n) is 5.29. The van der Waals surface area contributed by atoms with Crippen molar-refractivity contribution in [2.45, 2.75) is 6.54 Å². The number of hydrogen-bond acceptors (Lipinski definition) is 4. The molecule has 0 saturated carbocycles. The van der Waals surface area contributed by atoms with Gasteiger partial charge in [0.05, 0.1) is 25.4 Å². The summed E-state index contributed by atoms with van der Waals surface area (Å²) in [4.78, 5) is 18.5. The predicted molar refractivity (Wildman–Crippen MR) is 85.7 cm³/mol. The molecule has 5 nitrogen and oxygen atoms in total. The summed E-state index contributed by atoms with van der Waals surface area (Å²) < 4.78 is 5.24. The summed E-state index contributed by atoms with van der Waals surface area (Å²) in [5.41, 5.74) is 3.60. The molecule has 2 aromatic rings. The Morgan fingerprint density at radius 2 is 2.22 bits per heavy atom. The Bertz CT molecular complexity index is 836. The van der Waals surface area contributed by atoms with E-state index < -0.39 is 0 Å². The molecule has 0 unspecified atom stereocenters. The first-order valence-electron chi connectivity index (χ1n) is 7.13. The minimum absolute atomic E-state index is 0.0823. The van der Waals surface area contributed by atoms with Crippen LogP contribution in [-0.2, 0) is 6.54 Å². The number of aromatic nitrogens is 1. The molecule has 0 atom stereocenters. The van der Waals surface area contributed by atoms with Crippen LogP contribution in [-0.4, -0.2) is 29.4 Å². The molecular weight excluding hydrogens is 290 g/mol. The van der Waals surface area contributed by atoms with Gasteiger partial charge < -0.3 is 9.64 Å². The van der Waals surface area contributed by atoms with Gasteiger partial charge >= 0.3 is 0 Å². The molecular formula is C18H15N3O2. The first kappa shape index (κ1) is 14.8. The molecule has 0 radical (unpaired) electrons. The van der Waals surface area contributed by atoms with E-state index in [1.54, 1.807) is 30.3 Å². The average molecular weight is 305 g/mol. The smallest absolute Gasteiger partial charge is 0.254 e. The Morgan fingerprint density at radius 1 is 1.43 bits per heavy atom. The molecule has 1 amide bonds. The second kappa shape index (κ2) is 5.93. The van der Waals surface area contributed by atoms with Crippen molar-refractivity contribution in [3.05, 3.63) is 59.8 Å². The standard InChI is InChI=1S/C18H15N3O2/c1-12(9-19)10-21-11-16-14(4-3-5-15(16)18(21)22)17-8-13(23-2)6-7-20-17/h3-8H,1,10-11H2,2H3. The summed E-state index contributed by atoms with van der Waals surface area (Å²) in [5.74, 6) is 0.632. The van der Waals surface area contributed by atoms with Crippen molar-refractivity contribution in [3.8, 4) is 23.1 Å². The molecule has 2 heterocycles. The quantitative estimate of drug-likeness (QED) is 0.815. The topological polar surface area (TPSA) is 66.2 Å². The summed E-state index contributed by atoms with van der Waals surface area (Å²) in [6, 6.07) is 11.2.